The average molecular weight is 247 g/mol. The number of fused-ring (bicyclic) bond motifs is 1. The highest BCUT2D eigenvalue weighted by Crippen LogP contribution is 2.24. The second-order valence-electron chi connectivity index (χ2n) is 4.38. The molecule has 2 rings (SSSR count). The first kappa shape index (κ1) is 12.6. The topological polar surface area (TPSA) is 55.4 Å². The van der Waals surface area contributed by atoms with Gasteiger partial charge in [-0.05, 0) is 37.0 Å². The molecular formula is C14H17NO3. The highest BCUT2D eigenvalue weighted by molar-refractivity contribution is 5.99. The number of benzene rings is 1. The molecule has 0 unspecified atom stereocenters. The predicted molar refractivity (Wildman–Crippen MR) is 68.3 cm³/mol. The van der Waals surface area contributed by atoms with E-state index in [1.165, 1.54) is 0 Å². The molecule has 1 heterocycles. The first-order chi connectivity index (χ1) is 8.69. The third kappa shape index (κ3) is 3.09. The molecular weight excluding hydrogens is 230 g/mol. The Morgan fingerprint density at radius 2 is 2.28 bits per heavy atom. The lowest BCUT2D eigenvalue weighted by atomic mass is 10.0. The summed E-state index contributed by atoms with van der Waals surface area (Å²) in [7, 11) is 0. The van der Waals surface area contributed by atoms with E-state index in [2.05, 4.69) is 5.32 Å². The third-order valence-corrected chi connectivity index (χ3v) is 2.95. The van der Waals surface area contributed by atoms with Crippen LogP contribution in [0.25, 0.3) is 0 Å². The van der Waals surface area contributed by atoms with Gasteiger partial charge < -0.3 is 10.1 Å². The van der Waals surface area contributed by atoms with E-state index in [9.17, 15) is 9.59 Å². The van der Waals surface area contributed by atoms with Crippen LogP contribution in [-0.2, 0) is 27.2 Å². The predicted octanol–water partition coefficient (Wildman–Crippen LogP) is 2.07. The maximum atomic E-state index is 11.2. The molecule has 0 atom stereocenters. The number of aryl methyl sites for hydroxylation is 1. The normalized spacial score (nSPS) is 13.1. The summed E-state index contributed by atoms with van der Waals surface area (Å²) >= 11 is 0. The number of anilines is 1. The van der Waals surface area contributed by atoms with Crippen LogP contribution < -0.4 is 5.32 Å². The van der Waals surface area contributed by atoms with E-state index >= 15 is 0 Å². The summed E-state index contributed by atoms with van der Waals surface area (Å²) in [6.07, 6.45) is 2.52. The van der Waals surface area contributed by atoms with Crippen molar-refractivity contribution in [2.45, 2.75) is 32.6 Å². The summed E-state index contributed by atoms with van der Waals surface area (Å²) in [6.45, 7) is 2.24. The minimum Gasteiger partial charge on any atom is -0.466 e. The Bertz CT molecular complexity index is 468. The number of rotatable bonds is 5. The number of hydrogen-bond acceptors (Lipinski definition) is 3. The summed E-state index contributed by atoms with van der Waals surface area (Å²) in [5, 5.41) is 2.80. The molecule has 0 bridgehead atoms. The summed E-state index contributed by atoms with van der Waals surface area (Å²) in [6, 6.07) is 5.97. The number of esters is 1. The third-order valence-electron chi connectivity index (χ3n) is 2.95. The lowest BCUT2D eigenvalue weighted by molar-refractivity contribution is -0.143. The lowest BCUT2D eigenvalue weighted by Crippen LogP contribution is -2.04. The molecule has 1 amide bonds. The van der Waals surface area contributed by atoms with Gasteiger partial charge in [0.15, 0.2) is 0 Å². The van der Waals surface area contributed by atoms with Crippen LogP contribution in [-0.4, -0.2) is 18.5 Å². The molecule has 1 N–H and O–H groups in total. The zero-order valence-corrected chi connectivity index (χ0v) is 10.5. The first-order valence-corrected chi connectivity index (χ1v) is 6.26. The molecule has 0 saturated heterocycles. The van der Waals surface area contributed by atoms with Crippen LogP contribution in [0.4, 0.5) is 5.69 Å². The fourth-order valence-corrected chi connectivity index (χ4v) is 2.11. The fraction of sp³-hybridized carbons (Fsp3) is 0.429. The Hall–Kier alpha value is -1.84. The van der Waals surface area contributed by atoms with Crippen molar-refractivity contribution in [1.29, 1.82) is 0 Å². The molecule has 0 spiro atoms. The molecule has 18 heavy (non-hydrogen) atoms. The second-order valence-corrected chi connectivity index (χ2v) is 4.38. The van der Waals surface area contributed by atoms with Gasteiger partial charge >= 0.3 is 5.97 Å². The Kier molecular flexibility index (Phi) is 3.97. The van der Waals surface area contributed by atoms with Crippen LogP contribution in [0.15, 0.2) is 18.2 Å². The highest BCUT2D eigenvalue weighted by Gasteiger charge is 2.17. The minimum atomic E-state index is -0.143. The maximum Gasteiger partial charge on any atom is 0.305 e. The summed E-state index contributed by atoms with van der Waals surface area (Å²) in [5.74, 6) is -0.0934. The van der Waals surface area contributed by atoms with Crippen molar-refractivity contribution in [1.82, 2.24) is 0 Å². The summed E-state index contributed by atoms with van der Waals surface area (Å²) in [4.78, 5) is 22.4. The zero-order chi connectivity index (χ0) is 13.0. The molecule has 1 aliphatic rings. The largest absolute Gasteiger partial charge is 0.466 e. The van der Waals surface area contributed by atoms with Gasteiger partial charge in [-0.25, -0.2) is 0 Å². The van der Waals surface area contributed by atoms with Crippen molar-refractivity contribution >= 4 is 17.6 Å². The molecule has 1 aliphatic heterocycles. The first-order valence-electron chi connectivity index (χ1n) is 6.26. The molecule has 0 radical (unpaired) electrons. The van der Waals surface area contributed by atoms with Gasteiger partial charge in [-0.2, -0.15) is 0 Å². The molecule has 1 aromatic carbocycles. The van der Waals surface area contributed by atoms with Crippen LogP contribution in [0.1, 0.15) is 30.9 Å². The number of ether oxygens (including phenoxy) is 1. The van der Waals surface area contributed by atoms with E-state index in [4.69, 9.17) is 4.74 Å². The van der Waals surface area contributed by atoms with Gasteiger partial charge in [0.25, 0.3) is 0 Å². The van der Waals surface area contributed by atoms with E-state index in [0.717, 1.165) is 29.7 Å². The van der Waals surface area contributed by atoms with Crippen molar-refractivity contribution < 1.29 is 14.3 Å². The van der Waals surface area contributed by atoms with E-state index in [0.29, 0.717) is 19.4 Å². The van der Waals surface area contributed by atoms with Crippen molar-refractivity contribution in [2.75, 3.05) is 11.9 Å². The SMILES string of the molecule is CCOC(=O)CCCc1ccc2c(c1)CC(=O)N2. The summed E-state index contributed by atoms with van der Waals surface area (Å²) in [5.41, 5.74) is 3.12. The van der Waals surface area contributed by atoms with Crippen LogP contribution in [0.5, 0.6) is 0 Å². The Morgan fingerprint density at radius 3 is 3.06 bits per heavy atom. The van der Waals surface area contributed by atoms with E-state index in [-0.39, 0.29) is 11.9 Å². The van der Waals surface area contributed by atoms with Crippen molar-refractivity contribution in [3.8, 4) is 0 Å². The van der Waals surface area contributed by atoms with Gasteiger partial charge in [-0.15, -0.1) is 0 Å². The van der Waals surface area contributed by atoms with Crippen LogP contribution in [0.2, 0.25) is 0 Å². The Balaban J connectivity index is 1.86. The van der Waals surface area contributed by atoms with E-state index < -0.39 is 0 Å². The van der Waals surface area contributed by atoms with E-state index in [1.54, 1.807) is 0 Å². The molecule has 1 aromatic rings. The van der Waals surface area contributed by atoms with Gasteiger partial charge in [0.05, 0.1) is 13.0 Å². The van der Waals surface area contributed by atoms with Gasteiger partial charge in [-0.3, -0.25) is 9.59 Å². The minimum absolute atomic E-state index is 0.0497. The monoisotopic (exact) mass is 247 g/mol. The number of nitrogens with one attached hydrogen (secondary N) is 1. The zero-order valence-electron chi connectivity index (χ0n) is 10.5. The number of amides is 1. The average Bonchev–Trinajstić information content (AvgIpc) is 2.69. The Morgan fingerprint density at radius 1 is 1.44 bits per heavy atom. The number of hydrogen-bond donors (Lipinski definition) is 1. The van der Waals surface area contributed by atoms with Crippen LogP contribution in [0, 0.1) is 0 Å². The molecule has 0 fully saturated rings. The summed E-state index contributed by atoms with van der Waals surface area (Å²) < 4.78 is 4.87. The molecule has 0 saturated carbocycles. The fourth-order valence-electron chi connectivity index (χ4n) is 2.11. The van der Waals surface area contributed by atoms with E-state index in [1.807, 2.05) is 25.1 Å². The lowest BCUT2D eigenvalue weighted by Gasteiger charge is -2.04. The highest BCUT2D eigenvalue weighted by atomic mass is 16.5. The molecule has 0 aliphatic carbocycles. The van der Waals surface area contributed by atoms with Crippen LogP contribution in [0.3, 0.4) is 0 Å². The quantitative estimate of drug-likeness (QED) is 0.810. The maximum absolute atomic E-state index is 11.2. The molecule has 0 aromatic heterocycles. The molecule has 4 nitrogen and oxygen atoms in total. The smallest absolute Gasteiger partial charge is 0.305 e. The number of carbonyl (C=O) groups excluding carboxylic acids is 2. The van der Waals surface area contributed by atoms with Crippen molar-refractivity contribution in [3.63, 3.8) is 0 Å². The van der Waals surface area contributed by atoms with Crippen molar-refractivity contribution in [3.05, 3.63) is 29.3 Å². The van der Waals surface area contributed by atoms with Crippen molar-refractivity contribution in [2.24, 2.45) is 0 Å². The van der Waals surface area contributed by atoms with Gasteiger partial charge in [0.1, 0.15) is 0 Å². The second kappa shape index (κ2) is 5.67. The Labute approximate surface area is 106 Å². The van der Waals surface area contributed by atoms with Crippen LogP contribution >= 0.6 is 0 Å². The van der Waals surface area contributed by atoms with Gasteiger partial charge in [-0.1, -0.05) is 12.1 Å². The standard InChI is InChI=1S/C14H17NO3/c1-2-18-14(17)5-3-4-10-6-7-12-11(8-10)9-13(16)15-12/h6-8H,2-5,9H2,1H3,(H,15,16). The molecule has 96 valence electrons. The number of carbonyl (C=O) groups is 2. The van der Waals surface area contributed by atoms with Gasteiger partial charge in [0.2, 0.25) is 5.91 Å². The molecule has 4 heteroatoms. The van der Waals surface area contributed by atoms with Gasteiger partial charge in [0, 0.05) is 12.1 Å².